The highest BCUT2D eigenvalue weighted by Gasteiger charge is 2.44. The monoisotopic (exact) mass is 1280 g/mol. The van der Waals surface area contributed by atoms with Crippen LogP contribution >= 0.6 is 0 Å². The number of hydrogen-bond donors (Lipinski definition) is 0. The molecule has 0 atom stereocenters. The Morgan fingerprint density at radius 2 is 0.480 bits per heavy atom. The van der Waals surface area contributed by atoms with E-state index in [4.69, 9.17) is 0 Å². The fraction of sp³-hybridized carbons (Fsp3) is 0.125. The number of anilines is 3. The molecule has 480 valence electrons. The van der Waals surface area contributed by atoms with Gasteiger partial charge < -0.3 is 18.6 Å². The number of hydrogen-bond acceptors (Lipinski definition) is 1. The minimum atomic E-state index is -0.134. The summed E-state index contributed by atoms with van der Waals surface area (Å²) in [6.45, 7) is 19.0. The fourth-order valence-corrected chi connectivity index (χ4v) is 18.3. The van der Waals surface area contributed by atoms with Crippen molar-refractivity contribution in [3.8, 4) is 84.2 Å². The Labute approximate surface area is 586 Å². The molecule has 0 saturated heterocycles. The molecular weight excluding hydrogens is 1210 g/mol. The molecule has 13 aromatic carbocycles. The van der Waals surface area contributed by atoms with Gasteiger partial charge in [-0.2, -0.15) is 0 Å². The van der Waals surface area contributed by atoms with Crippen LogP contribution in [0.5, 0.6) is 0 Å². The van der Waals surface area contributed by atoms with E-state index in [0.717, 1.165) is 0 Å². The van der Waals surface area contributed by atoms with Gasteiger partial charge in [-0.1, -0.05) is 274 Å². The molecule has 0 spiro atoms. The molecule has 16 aromatic rings. The average Bonchev–Trinajstić information content (AvgIpc) is 1.51. The first-order chi connectivity index (χ1) is 48.7. The van der Waals surface area contributed by atoms with Crippen molar-refractivity contribution in [3.05, 3.63) is 360 Å². The van der Waals surface area contributed by atoms with E-state index in [1.54, 1.807) is 0 Å². The maximum Gasteiger partial charge on any atom is 0.0584 e. The third kappa shape index (κ3) is 8.59. The van der Waals surface area contributed by atoms with Crippen LogP contribution in [0.4, 0.5) is 17.1 Å². The molecule has 0 unspecified atom stereocenters. The first-order valence-corrected chi connectivity index (χ1v) is 35.4. The molecule has 0 fully saturated rings. The van der Waals surface area contributed by atoms with Gasteiger partial charge in [0.1, 0.15) is 0 Å². The minimum Gasteiger partial charge on any atom is -0.310 e. The van der Waals surface area contributed by atoms with Gasteiger partial charge in [-0.15, -0.1) is 0 Å². The number of para-hydroxylation sites is 4. The van der Waals surface area contributed by atoms with Crippen LogP contribution < -0.4 is 4.90 Å². The number of aromatic nitrogens is 3. The lowest BCUT2D eigenvalue weighted by molar-refractivity contribution is 0.632. The van der Waals surface area contributed by atoms with Crippen molar-refractivity contribution in [2.45, 2.75) is 77.0 Å². The number of fused-ring (bicyclic) bond motifs is 17. The Morgan fingerprint density at radius 1 is 0.210 bits per heavy atom. The Kier molecular flexibility index (Phi) is 13.0. The lowest BCUT2D eigenvalue weighted by atomic mass is 9.73. The average molecular weight is 1290 g/mol. The quantitative estimate of drug-likeness (QED) is 0.156. The second-order valence-corrected chi connectivity index (χ2v) is 30.0. The number of benzene rings is 13. The van der Waals surface area contributed by atoms with Gasteiger partial charge in [0.2, 0.25) is 0 Å². The molecular formula is C96H76N4. The van der Waals surface area contributed by atoms with Crippen molar-refractivity contribution >= 4 is 49.8 Å². The topological polar surface area (TPSA) is 18.0 Å². The van der Waals surface area contributed by atoms with Crippen LogP contribution in [0.15, 0.2) is 315 Å². The summed E-state index contributed by atoms with van der Waals surface area (Å²) in [5, 5.41) is 3.96. The van der Waals surface area contributed by atoms with Crippen LogP contribution in [0.25, 0.3) is 117 Å². The first kappa shape index (κ1) is 59.5. The molecule has 0 N–H and O–H groups in total. The number of rotatable bonds is 7. The second-order valence-electron chi connectivity index (χ2n) is 30.0. The smallest absolute Gasteiger partial charge is 0.0584 e. The summed E-state index contributed by atoms with van der Waals surface area (Å²) < 4.78 is 7.46. The van der Waals surface area contributed by atoms with E-state index in [0.29, 0.717) is 0 Å². The maximum atomic E-state index is 2.49. The summed E-state index contributed by atoms with van der Waals surface area (Å²) in [6.07, 6.45) is 0. The van der Waals surface area contributed by atoms with Crippen molar-refractivity contribution < 1.29 is 0 Å². The molecule has 100 heavy (non-hydrogen) atoms. The van der Waals surface area contributed by atoms with Gasteiger partial charge in [-0.3, -0.25) is 0 Å². The number of nitrogens with zero attached hydrogens (tertiary/aromatic N) is 4. The van der Waals surface area contributed by atoms with Gasteiger partial charge in [-0.25, -0.2) is 0 Å². The van der Waals surface area contributed by atoms with Crippen LogP contribution in [0.3, 0.4) is 0 Å². The summed E-state index contributed by atoms with van der Waals surface area (Å²) in [6, 6.07) is 116. The third-order valence-electron chi connectivity index (χ3n) is 23.0. The highest BCUT2D eigenvalue weighted by molar-refractivity contribution is 6.05. The Balaban J connectivity index is 0.000000140. The minimum absolute atomic E-state index is 0.0763. The van der Waals surface area contributed by atoms with E-state index in [1.165, 1.54) is 178 Å². The zero-order valence-electron chi connectivity index (χ0n) is 57.8. The first-order valence-electron chi connectivity index (χ1n) is 35.4. The Morgan fingerprint density at radius 3 is 0.860 bits per heavy atom. The van der Waals surface area contributed by atoms with Crippen LogP contribution in [0.1, 0.15) is 99.9 Å². The second kappa shape index (κ2) is 21.9. The lowest BCUT2D eigenvalue weighted by Crippen LogP contribution is -2.30. The largest absolute Gasteiger partial charge is 0.310 e. The van der Waals surface area contributed by atoms with Gasteiger partial charge in [0.15, 0.2) is 0 Å². The van der Waals surface area contributed by atoms with E-state index in [1.807, 2.05) is 0 Å². The van der Waals surface area contributed by atoms with E-state index in [-0.39, 0.29) is 21.7 Å². The predicted octanol–water partition coefficient (Wildman–Crippen LogP) is 25.2. The molecule has 0 amide bonds. The van der Waals surface area contributed by atoms with Crippen molar-refractivity contribution in [1.82, 2.24) is 13.7 Å². The molecule has 20 rings (SSSR count). The van der Waals surface area contributed by atoms with E-state index in [2.05, 4.69) is 389 Å². The van der Waals surface area contributed by atoms with Crippen LogP contribution in [0, 0.1) is 0 Å². The summed E-state index contributed by atoms with van der Waals surface area (Å²) in [4.78, 5) is 2.43. The van der Waals surface area contributed by atoms with E-state index in [9.17, 15) is 0 Å². The van der Waals surface area contributed by atoms with Gasteiger partial charge in [0, 0.05) is 77.3 Å². The maximum absolute atomic E-state index is 2.49. The molecule has 4 heteroatoms. The molecule has 3 aromatic heterocycles. The summed E-state index contributed by atoms with van der Waals surface area (Å²) in [5.74, 6) is 0. The zero-order valence-corrected chi connectivity index (χ0v) is 57.8. The Hall–Kier alpha value is -11.7. The standard InChI is InChI=1S/C50H40N2.C46H36N2/c1-49(2)42-18-10-12-20-45(42)51(46-21-13-11-19-43(46)49)37-27-24-35(25-28-37)36-26-31-44-40(32-36)47-48(39-16-8-9-17-41(39)50(47,3)4)52(44)38-29-22-34(23-30-38)33-14-6-5-7-15-33;1-45(2)37-21-13-11-19-33(37)43-41(45)35-27-29(23-25-39(35)47(43)31-15-7-5-8-16-31)30-24-26-40-36(28-30)42-44(48(40)32-17-9-6-10-18-32)34-20-12-14-22-38(34)46(42,3)4/h5-32H,1-4H3;5-28H,1-4H3. The Bertz CT molecular complexity index is 5760. The van der Waals surface area contributed by atoms with Crippen LogP contribution in [0.2, 0.25) is 0 Å². The van der Waals surface area contributed by atoms with Gasteiger partial charge in [0.25, 0.3) is 0 Å². The predicted molar refractivity (Wildman–Crippen MR) is 419 cm³/mol. The van der Waals surface area contributed by atoms with Crippen molar-refractivity contribution in [2.75, 3.05) is 4.90 Å². The van der Waals surface area contributed by atoms with Crippen molar-refractivity contribution in [3.63, 3.8) is 0 Å². The van der Waals surface area contributed by atoms with Gasteiger partial charge >= 0.3 is 0 Å². The fourth-order valence-electron chi connectivity index (χ4n) is 18.3. The SMILES string of the molecule is CC1(C)c2ccccc2-c2c1c1cc(-c3ccc4c(c3)c3c(n4-c4ccccc4)-c4ccccc4C3(C)C)ccc1n2-c1ccccc1.CC1(C)c2ccccc2N(c2ccc(-c3ccc4c(c3)c3c(n4-c4ccc(-c5ccccc5)cc4)-c4ccccc4C3(C)C)cc2)c2ccccc21. The molecule has 4 aliphatic rings. The highest BCUT2D eigenvalue weighted by atomic mass is 15.2. The van der Waals surface area contributed by atoms with Gasteiger partial charge in [-0.05, 0) is 175 Å². The molecule has 0 radical (unpaired) electrons. The van der Waals surface area contributed by atoms with Crippen molar-refractivity contribution in [2.24, 2.45) is 0 Å². The summed E-state index contributed by atoms with van der Waals surface area (Å²) in [7, 11) is 0. The van der Waals surface area contributed by atoms with Crippen LogP contribution in [-0.2, 0) is 21.7 Å². The molecule has 3 aliphatic carbocycles. The lowest BCUT2D eigenvalue weighted by Gasteiger charge is -2.42. The molecule has 0 bridgehead atoms. The molecule has 0 saturated carbocycles. The third-order valence-corrected chi connectivity index (χ3v) is 23.0. The highest BCUT2D eigenvalue weighted by Crippen LogP contribution is 2.59. The van der Waals surface area contributed by atoms with Crippen molar-refractivity contribution in [1.29, 1.82) is 0 Å². The van der Waals surface area contributed by atoms with Gasteiger partial charge in [0.05, 0.1) is 45.0 Å². The molecule has 4 heterocycles. The zero-order chi connectivity index (χ0) is 67.6. The van der Waals surface area contributed by atoms with E-state index < -0.39 is 0 Å². The summed E-state index contributed by atoms with van der Waals surface area (Å²) >= 11 is 0. The normalized spacial score (nSPS) is 14.9. The van der Waals surface area contributed by atoms with Crippen LogP contribution in [-0.4, -0.2) is 13.7 Å². The van der Waals surface area contributed by atoms with E-state index >= 15 is 0 Å². The molecule has 1 aliphatic heterocycles. The summed E-state index contributed by atoms with van der Waals surface area (Å²) in [5.41, 5.74) is 37.0. The molecule has 4 nitrogen and oxygen atoms in total.